The third-order valence-corrected chi connectivity index (χ3v) is 10.0. The van der Waals surface area contributed by atoms with Crippen LogP contribution in [0.25, 0.3) is 0 Å². The molecule has 1 aromatic rings. The summed E-state index contributed by atoms with van der Waals surface area (Å²) in [7, 11) is 1.78. The molecule has 224 valence electrons. The number of likely N-dealkylation sites (tertiary alicyclic amines) is 2. The van der Waals surface area contributed by atoms with Gasteiger partial charge in [0.2, 0.25) is 0 Å². The van der Waals surface area contributed by atoms with Crippen LogP contribution in [0.1, 0.15) is 83.9 Å². The van der Waals surface area contributed by atoms with E-state index in [2.05, 4.69) is 80.1 Å². The second-order valence-electron chi connectivity index (χ2n) is 13.9. The van der Waals surface area contributed by atoms with Crippen molar-refractivity contribution in [3.63, 3.8) is 0 Å². The quantitative estimate of drug-likeness (QED) is 0.499. The summed E-state index contributed by atoms with van der Waals surface area (Å²) in [6.45, 7) is 21.9. The Balaban J connectivity index is 1.56. The van der Waals surface area contributed by atoms with Crippen molar-refractivity contribution in [2.75, 3.05) is 52.9 Å². The average Bonchev–Trinajstić information content (AvgIpc) is 2.90. The molecule has 0 aliphatic carbocycles. The Morgan fingerprint density at radius 1 is 1.20 bits per heavy atom. The minimum absolute atomic E-state index is 0.202. The lowest BCUT2D eigenvalue weighted by Crippen LogP contribution is -2.62. The molecule has 0 aromatic heterocycles. The lowest BCUT2D eigenvalue weighted by molar-refractivity contribution is 0.0491. The number of benzene rings is 1. The Bertz CT molecular complexity index is 1090. The minimum atomic E-state index is -0.700. The number of ether oxygens (including phenoxy) is 1. The van der Waals surface area contributed by atoms with E-state index in [9.17, 15) is 4.39 Å². The van der Waals surface area contributed by atoms with Gasteiger partial charge in [-0.25, -0.2) is 14.4 Å². The number of hydrazine groups is 1. The molecule has 40 heavy (non-hydrogen) atoms. The predicted molar refractivity (Wildman–Crippen MR) is 163 cm³/mol. The van der Waals surface area contributed by atoms with Gasteiger partial charge in [0.1, 0.15) is 17.8 Å². The van der Waals surface area contributed by atoms with Crippen LogP contribution in [0.4, 0.5) is 10.1 Å². The van der Waals surface area contributed by atoms with Gasteiger partial charge in [-0.3, -0.25) is 10.3 Å². The maximum Gasteiger partial charge on any atom is 0.125 e. The molecule has 4 aliphatic heterocycles. The fraction of sp³-hybridized carbons (Fsp3) is 0.781. The molecule has 0 bridgehead atoms. The summed E-state index contributed by atoms with van der Waals surface area (Å²) in [5, 5.41) is 6.51. The first-order valence-corrected chi connectivity index (χ1v) is 15.6. The minimum Gasteiger partial charge on any atom is -0.496 e. The number of alkyl halides is 1. The first-order chi connectivity index (χ1) is 18.9. The van der Waals surface area contributed by atoms with E-state index in [-0.39, 0.29) is 16.9 Å². The monoisotopic (exact) mass is 556 g/mol. The van der Waals surface area contributed by atoms with Gasteiger partial charge in [-0.1, -0.05) is 20.8 Å². The molecule has 2 N–H and O–H groups in total. The molecule has 3 atom stereocenters. The van der Waals surface area contributed by atoms with Gasteiger partial charge in [0.05, 0.1) is 18.3 Å². The molecule has 4 aliphatic rings. The summed E-state index contributed by atoms with van der Waals surface area (Å²) >= 11 is 0. The molecule has 1 unspecified atom stereocenters. The molecular formula is C32H53FN6O. The summed E-state index contributed by atoms with van der Waals surface area (Å²) in [4.78, 5) is 10.3. The highest BCUT2D eigenvalue weighted by atomic mass is 19.1. The average molecular weight is 557 g/mol. The normalized spacial score (nSPS) is 28.9. The Labute approximate surface area is 241 Å². The maximum absolute atomic E-state index is 13.7. The number of amidine groups is 1. The molecule has 0 amide bonds. The van der Waals surface area contributed by atoms with Crippen molar-refractivity contribution in [1.82, 2.24) is 25.6 Å². The van der Waals surface area contributed by atoms with Crippen molar-refractivity contribution in [2.45, 2.75) is 103 Å². The van der Waals surface area contributed by atoms with Crippen LogP contribution in [-0.4, -0.2) is 91.8 Å². The summed E-state index contributed by atoms with van der Waals surface area (Å²) in [5.41, 5.74) is 7.87. The van der Waals surface area contributed by atoms with E-state index in [1.165, 1.54) is 41.8 Å². The van der Waals surface area contributed by atoms with Gasteiger partial charge < -0.3 is 15.0 Å². The zero-order valence-electron chi connectivity index (χ0n) is 26.2. The van der Waals surface area contributed by atoms with Crippen molar-refractivity contribution in [2.24, 2.45) is 10.9 Å². The van der Waals surface area contributed by atoms with Gasteiger partial charge in [-0.15, -0.1) is 0 Å². The second-order valence-corrected chi connectivity index (χ2v) is 13.9. The molecule has 0 spiro atoms. The fourth-order valence-electron chi connectivity index (χ4n) is 7.66. The van der Waals surface area contributed by atoms with Crippen molar-refractivity contribution < 1.29 is 9.13 Å². The summed E-state index contributed by atoms with van der Waals surface area (Å²) < 4.78 is 19.8. The Hall–Kier alpha value is -1.74. The largest absolute Gasteiger partial charge is 0.496 e. The smallest absolute Gasteiger partial charge is 0.125 e. The Morgan fingerprint density at radius 2 is 1.90 bits per heavy atom. The van der Waals surface area contributed by atoms with E-state index in [1.807, 2.05) is 0 Å². The molecule has 0 saturated carbocycles. The number of hydrogen-bond acceptors (Lipinski definition) is 7. The van der Waals surface area contributed by atoms with Crippen molar-refractivity contribution >= 4 is 11.5 Å². The van der Waals surface area contributed by atoms with Crippen LogP contribution in [0.3, 0.4) is 0 Å². The molecular weight excluding hydrogens is 503 g/mol. The number of piperidine rings is 1. The van der Waals surface area contributed by atoms with Crippen LogP contribution in [0.2, 0.25) is 0 Å². The van der Waals surface area contributed by atoms with E-state index in [1.54, 1.807) is 7.11 Å². The molecule has 4 heterocycles. The molecule has 5 rings (SSSR count). The molecule has 3 fully saturated rings. The van der Waals surface area contributed by atoms with Crippen molar-refractivity contribution in [1.29, 1.82) is 0 Å². The lowest BCUT2D eigenvalue weighted by atomic mass is 9.72. The molecule has 3 saturated heterocycles. The summed E-state index contributed by atoms with van der Waals surface area (Å²) in [6, 6.07) is 3.12. The number of fused-ring (bicyclic) bond motifs is 1. The maximum atomic E-state index is 13.7. The van der Waals surface area contributed by atoms with Gasteiger partial charge in [0, 0.05) is 80.4 Å². The van der Waals surface area contributed by atoms with Gasteiger partial charge in [0.15, 0.2) is 0 Å². The SMILES string of the molecule is COc1cc2c(c(C)c1C(C)(C)CN1CC(F)C1)N=C(N1CCCCC1)[C@H](C)[C@@]2(C)NC1CCN(C(C)C)NC1. The van der Waals surface area contributed by atoms with Gasteiger partial charge in [0.25, 0.3) is 0 Å². The molecule has 7 nitrogen and oxygen atoms in total. The topological polar surface area (TPSA) is 55.4 Å². The zero-order valence-corrected chi connectivity index (χ0v) is 26.2. The number of methoxy groups -OCH3 is 1. The van der Waals surface area contributed by atoms with Gasteiger partial charge >= 0.3 is 0 Å². The molecule has 1 aromatic carbocycles. The Kier molecular flexibility index (Phi) is 8.55. The third-order valence-electron chi connectivity index (χ3n) is 10.0. The van der Waals surface area contributed by atoms with Crippen LogP contribution in [0.5, 0.6) is 5.75 Å². The van der Waals surface area contributed by atoms with Crippen molar-refractivity contribution in [3.05, 3.63) is 22.8 Å². The number of nitrogens with zero attached hydrogens (tertiary/aromatic N) is 4. The summed E-state index contributed by atoms with van der Waals surface area (Å²) in [6.07, 6.45) is 4.16. The standard InChI is InChI=1S/C32H53FN6O/c1-21(2)39-15-12-25(17-34-39)36-32(7)23(4)30(38-13-10-9-11-14-38)35-29-22(3)28(27(40-8)16-26(29)32)31(5,6)20-37-18-24(33)19-37/h16,21,23-25,34,36H,9-15,17-20H2,1-8H3/t23-,25?,32+/m0/s1. The first kappa shape index (κ1) is 29.7. The highest BCUT2D eigenvalue weighted by Gasteiger charge is 2.46. The van der Waals surface area contributed by atoms with Crippen molar-refractivity contribution in [3.8, 4) is 5.75 Å². The van der Waals surface area contributed by atoms with Crippen LogP contribution in [-0.2, 0) is 11.0 Å². The van der Waals surface area contributed by atoms with E-state index in [0.717, 1.165) is 50.6 Å². The number of aliphatic imine (C=N–C) groups is 1. The second kappa shape index (κ2) is 11.5. The van der Waals surface area contributed by atoms with Gasteiger partial charge in [-0.05, 0) is 65.0 Å². The first-order valence-electron chi connectivity index (χ1n) is 15.6. The van der Waals surface area contributed by atoms with Crippen LogP contribution in [0.15, 0.2) is 11.1 Å². The molecule has 0 radical (unpaired) electrons. The highest BCUT2D eigenvalue weighted by molar-refractivity contribution is 5.92. The van der Waals surface area contributed by atoms with E-state index >= 15 is 0 Å². The van der Waals surface area contributed by atoms with Gasteiger partial charge in [-0.2, -0.15) is 0 Å². The van der Waals surface area contributed by atoms with Crippen LogP contribution >= 0.6 is 0 Å². The fourth-order valence-corrected chi connectivity index (χ4v) is 7.66. The number of rotatable bonds is 7. The van der Waals surface area contributed by atoms with Crippen LogP contribution in [0, 0.1) is 12.8 Å². The Morgan fingerprint density at radius 3 is 2.48 bits per heavy atom. The number of halogens is 1. The zero-order chi connectivity index (χ0) is 28.8. The lowest BCUT2D eigenvalue weighted by Gasteiger charge is -2.49. The van der Waals surface area contributed by atoms with E-state index < -0.39 is 6.17 Å². The third kappa shape index (κ3) is 5.53. The van der Waals surface area contributed by atoms with E-state index in [4.69, 9.17) is 9.73 Å². The number of nitrogens with one attached hydrogen (secondary N) is 2. The molecule has 8 heteroatoms. The highest BCUT2D eigenvalue weighted by Crippen LogP contribution is 2.50. The summed E-state index contributed by atoms with van der Waals surface area (Å²) in [5.74, 6) is 2.35. The predicted octanol–water partition coefficient (Wildman–Crippen LogP) is 4.89. The number of hydrogen-bond donors (Lipinski definition) is 2. The van der Waals surface area contributed by atoms with E-state index in [0.29, 0.717) is 25.2 Å². The van der Waals surface area contributed by atoms with Crippen LogP contribution < -0.4 is 15.5 Å².